The Bertz CT molecular complexity index is 776. The Kier molecular flexibility index (Phi) is 8.05. The van der Waals surface area contributed by atoms with Crippen molar-refractivity contribution in [2.75, 3.05) is 6.61 Å². The van der Waals surface area contributed by atoms with Gasteiger partial charge in [-0.3, -0.25) is 9.59 Å². The lowest BCUT2D eigenvalue weighted by Crippen LogP contribution is -2.50. The average Bonchev–Trinajstić information content (AvgIpc) is 2.71. The van der Waals surface area contributed by atoms with Crippen LogP contribution in [-0.2, 0) is 16.1 Å². The van der Waals surface area contributed by atoms with Gasteiger partial charge in [0.05, 0.1) is 0 Å². The topological polar surface area (TPSA) is 58.6 Å². The molecule has 2 amide bonds. The molecule has 2 atom stereocenters. The first kappa shape index (κ1) is 21.5. The second-order valence-electron chi connectivity index (χ2n) is 7.04. The van der Waals surface area contributed by atoms with Gasteiger partial charge in [0.15, 0.2) is 6.61 Å². The molecule has 5 nitrogen and oxygen atoms in total. The highest BCUT2D eigenvalue weighted by Crippen LogP contribution is 2.15. The van der Waals surface area contributed by atoms with Crippen LogP contribution in [0.3, 0.4) is 0 Å². The average molecular weight is 383 g/mol. The third-order valence-corrected chi connectivity index (χ3v) is 4.88. The molecule has 0 fully saturated rings. The number of carbonyl (C=O) groups excluding carboxylic acids is 2. The fraction of sp³-hybridized carbons (Fsp3) is 0.391. The standard InChI is InChI=1S/C23H30N2O3/c1-5-18(3)24-23(27)19(4)25(15-20-12-10-9-11-17(20)2)22(26)16-28-21-13-7-6-8-14-21/h6-14,18-19H,5,15-16H2,1-4H3,(H,24,27). The molecular formula is C23H30N2O3. The predicted molar refractivity (Wildman–Crippen MR) is 111 cm³/mol. The van der Waals surface area contributed by atoms with Gasteiger partial charge in [0.1, 0.15) is 11.8 Å². The van der Waals surface area contributed by atoms with E-state index in [2.05, 4.69) is 5.32 Å². The Balaban J connectivity index is 2.15. The van der Waals surface area contributed by atoms with Gasteiger partial charge in [-0.05, 0) is 50.5 Å². The minimum Gasteiger partial charge on any atom is -0.484 e. The van der Waals surface area contributed by atoms with Crippen molar-refractivity contribution in [1.29, 1.82) is 0 Å². The number of amides is 2. The molecule has 0 saturated carbocycles. The molecule has 2 unspecified atom stereocenters. The summed E-state index contributed by atoms with van der Waals surface area (Å²) in [6.45, 7) is 7.98. The highest BCUT2D eigenvalue weighted by atomic mass is 16.5. The minimum atomic E-state index is -0.597. The van der Waals surface area contributed by atoms with Crippen LogP contribution in [0.15, 0.2) is 54.6 Å². The molecule has 0 saturated heterocycles. The summed E-state index contributed by atoms with van der Waals surface area (Å²) in [6, 6.07) is 16.6. The van der Waals surface area contributed by atoms with Crippen LogP contribution in [-0.4, -0.2) is 35.4 Å². The van der Waals surface area contributed by atoms with Gasteiger partial charge in [0.2, 0.25) is 5.91 Å². The lowest BCUT2D eigenvalue weighted by molar-refractivity contribution is -0.142. The van der Waals surface area contributed by atoms with Crippen LogP contribution in [0.1, 0.15) is 38.3 Å². The maximum Gasteiger partial charge on any atom is 0.261 e. The third kappa shape index (κ3) is 6.12. The Morgan fingerprint density at radius 2 is 1.68 bits per heavy atom. The summed E-state index contributed by atoms with van der Waals surface area (Å²) in [5.74, 6) is 0.248. The zero-order valence-electron chi connectivity index (χ0n) is 17.1. The van der Waals surface area contributed by atoms with E-state index in [-0.39, 0.29) is 24.5 Å². The zero-order chi connectivity index (χ0) is 20.5. The lowest BCUT2D eigenvalue weighted by atomic mass is 10.1. The number of ether oxygens (including phenoxy) is 1. The van der Waals surface area contributed by atoms with Gasteiger partial charge in [0, 0.05) is 12.6 Å². The molecule has 0 heterocycles. The molecule has 150 valence electrons. The molecule has 0 aliphatic rings. The summed E-state index contributed by atoms with van der Waals surface area (Å²) >= 11 is 0. The second kappa shape index (κ2) is 10.5. The summed E-state index contributed by atoms with van der Waals surface area (Å²) in [5, 5.41) is 2.97. The Morgan fingerprint density at radius 1 is 1.04 bits per heavy atom. The summed E-state index contributed by atoms with van der Waals surface area (Å²) in [5.41, 5.74) is 2.09. The van der Waals surface area contributed by atoms with Crippen LogP contribution in [0.25, 0.3) is 0 Å². The summed E-state index contributed by atoms with van der Waals surface area (Å²) in [6.07, 6.45) is 0.835. The monoisotopic (exact) mass is 382 g/mol. The molecule has 28 heavy (non-hydrogen) atoms. The van der Waals surface area contributed by atoms with Gasteiger partial charge in [-0.15, -0.1) is 0 Å². The van der Waals surface area contributed by atoms with E-state index in [1.165, 1.54) is 0 Å². The van der Waals surface area contributed by atoms with E-state index in [0.717, 1.165) is 17.5 Å². The van der Waals surface area contributed by atoms with E-state index >= 15 is 0 Å². The van der Waals surface area contributed by atoms with E-state index in [9.17, 15) is 9.59 Å². The number of carbonyl (C=O) groups is 2. The largest absolute Gasteiger partial charge is 0.484 e. The lowest BCUT2D eigenvalue weighted by Gasteiger charge is -2.30. The van der Waals surface area contributed by atoms with Crippen molar-refractivity contribution >= 4 is 11.8 Å². The van der Waals surface area contributed by atoms with Gasteiger partial charge in [-0.2, -0.15) is 0 Å². The van der Waals surface area contributed by atoms with E-state index < -0.39 is 6.04 Å². The van der Waals surface area contributed by atoms with Crippen LogP contribution < -0.4 is 10.1 Å². The van der Waals surface area contributed by atoms with Crippen molar-refractivity contribution < 1.29 is 14.3 Å². The van der Waals surface area contributed by atoms with Crippen LogP contribution in [0.5, 0.6) is 5.75 Å². The summed E-state index contributed by atoms with van der Waals surface area (Å²) < 4.78 is 5.63. The maximum absolute atomic E-state index is 13.0. The molecule has 5 heteroatoms. The fourth-order valence-electron chi connectivity index (χ4n) is 2.76. The SMILES string of the molecule is CCC(C)NC(=O)C(C)N(Cc1ccccc1C)C(=O)COc1ccccc1. The maximum atomic E-state index is 13.0. The van der Waals surface area contributed by atoms with Crippen molar-refractivity contribution in [3.63, 3.8) is 0 Å². The summed E-state index contributed by atoms with van der Waals surface area (Å²) in [7, 11) is 0. The molecule has 1 N–H and O–H groups in total. The highest BCUT2D eigenvalue weighted by molar-refractivity contribution is 5.88. The van der Waals surface area contributed by atoms with Crippen molar-refractivity contribution in [3.8, 4) is 5.75 Å². The van der Waals surface area contributed by atoms with E-state index in [4.69, 9.17) is 4.74 Å². The number of benzene rings is 2. The first-order chi connectivity index (χ1) is 13.4. The van der Waals surface area contributed by atoms with Gasteiger partial charge in [-0.25, -0.2) is 0 Å². The molecule has 0 aliphatic carbocycles. The van der Waals surface area contributed by atoms with E-state index in [1.54, 1.807) is 24.0 Å². The van der Waals surface area contributed by atoms with Crippen molar-refractivity contribution in [1.82, 2.24) is 10.2 Å². The number of nitrogens with zero attached hydrogens (tertiary/aromatic N) is 1. The normalized spacial score (nSPS) is 12.7. The van der Waals surface area contributed by atoms with Gasteiger partial charge < -0.3 is 15.0 Å². The summed E-state index contributed by atoms with van der Waals surface area (Å²) in [4.78, 5) is 27.2. The van der Waals surface area contributed by atoms with Crippen LogP contribution in [0.4, 0.5) is 0 Å². The number of para-hydroxylation sites is 1. The number of hydrogen-bond acceptors (Lipinski definition) is 3. The second-order valence-corrected chi connectivity index (χ2v) is 7.04. The molecule has 2 aromatic carbocycles. The van der Waals surface area contributed by atoms with Crippen molar-refractivity contribution in [2.45, 2.75) is 52.7 Å². The molecule has 0 bridgehead atoms. The van der Waals surface area contributed by atoms with Gasteiger partial charge in [0.25, 0.3) is 5.91 Å². The Morgan fingerprint density at radius 3 is 2.32 bits per heavy atom. The van der Waals surface area contributed by atoms with E-state index in [0.29, 0.717) is 12.3 Å². The zero-order valence-corrected chi connectivity index (χ0v) is 17.1. The van der Waals surface area contributed by atoms with Crippen LogP contribution in [0.2, 0.25) is 0 Å². The number of nitrogens with one attached hydrogen (secondary N) is 1. The fourth-order valence-corrected chi connectivity index (χ4v) is 2.76. The van der Waals surface area contributed by atoms with Crippen LogP contribution >= 0.6 is 0 Å². The molecule has 0 spiro atoms. The van der Waals surface area contributed by atoms with Crippen LogP contribution in [0, 0.1) is 6.92 Å². The molecule has 0 aromatic heterocycles. The van der Waals surface area contributed by atoms with E-state index in [1.807, 2.05) is 63.2 Å². The highest BCUT2D eigenvalue weighted by Gasteiger charge is 2.27. The quantitative estimate of drug-likeness (QED) is 0.719. The van der Waals surface area contributed by atoms with Gasteiger partial charge in [-0.1, -0.05) is 49.4 Å². The molecule has 0 aliphatic heterocycles. The third-order valence-electron chi connectivity index (χ3n) is 4.88. The Labute approximate surface area is 167 Å². The minimum absolute atomic E-state index is 0.0610. The molecule has 0 radical (unpaired) electrons. The first-order valence-corrected chi connectivity index (χ1v) is 9.74. The molecular weight excluding hydrogens is 352 g/mol. The molecule has 2 aromatic rings. The van der Waals surface area contributed by atoms with Crippen molar-refractivity contribution in [2.24, 2.45) is 0 Å². The first-order valence-electron chi connectivity index (χ1n) is 9.74. The van der Waals surface area contributed by atoms with Crippen molar-refractivity contribution in [3.05, 3.63) is 65.7 Å². The number of hydrogen-bond donors (Lipinski definition) is 1. The number of rotatable bonds is 9. The smallest absolute Gasteiger partial charge is 0.261 e. The molecule has 2 rings (SSSR count). The number of aryl methyl sites for hydroxylation is 1. The van der Waals surface area contributed by atoms with Gasteiger partial charge >= 0.3 is 0 Å². The predicted octanol–water partition coefficient (Wildman–Crippen LogP) is 3.71. The Hall–Kier alpha value is -2.82.